The van der Waals surface area contributed by atoms with Crippen molar-refractivity contribution >= 4 is 11.7 Å². The van der Waals surface area contributed by atoms with Crippen LogP contribution in [0.5, 0.6) is 0 Å². The maximum Gasteiger partial charge on any atom is 0.222 e. The molecule has 0 aromatic rings. The zero-order valence-corrected chi connectivity index (χ0v) is 16.6. The molecule has 0 aliphatic carbocycles. The van der Waals surface area contributed by atoms with E-state index in [1.54, 1.807) is 13.8 Å². The van der Waals surface area contributed by atoms with Gasteiger partial charge in [0.15, 0.2) is 0 Å². The quantitative estimate of drug-likeness (QED) is 0.623. The summed E-state index contributed by atoms with van der Waals surface area (Å²) < 4.78 is 0. The molecule has 1 saturated heterocycles. The first kappa shape index (κ1) is 22.1. The van der Waals surface area contributed by atoms with Crippen molar-refractivity contribution in [2.24, 2.45) is 17.3 Å². The third kappa shape index (κ3) is 7.06. The van der Waals surface area contributed by atoms with Gasteiger partial charge in [-0.3, -0.25) is 9.59 Å². The Morgan fingerprint density at radius 3 is 2.32 bits per heavy atom. The van der Waals surface area contributed by atoms with E-state index < -0.39 is 17.1 Å². The molecule has 1 aliphatic rings. The van der Waals surface area contributed by atoms with E-state index >= 15 is 0 Å². The molecule has 0 aromatic carbocycles. The summed E-state index contributed by atoms with van der Waals surface area (Å²) in [5, 5.41) is 23.7. The van der Waals surface area contributed by atoms with Crippen LogP contribution < -0.4 is 5.32 Å². The Labute approximate surface area is 152 Å². The predicted molar refractivity (Wildman–Crippen MR) is 99.1 cm³/mol. The summed E-state index contributed by atoms with van der Waals surface area (Å²) in [5.41, 5.74) is -1.65. The average molecular weight is 356 g/mol. The number of amides is 1. The van der Waals surface area contributed by atoms with Gasteiger partial charge in [-0.1, -0.05) is 40.5 Å². The van der Waals surface area contributed by atoms with E-state index in [2.05, 4.69) is 12.2 Å². The lowest BCUT2D eigenvalue weighted by atomic mass is 9.74. The van der Waals surface area contributed by atoms with Crippen molar-refractivity contribution in [2.45, 2.75) is 91.3 Å². The van der Waals surface area contributed by atoms with Crippen molar-refractivity contribution in [1.29, 1.82) is 0 Å². The summed E-state index contributed by atoms with van der Waals surface area (Å²) >= 11 is 0. The summed E-state index contributed by atoms with van der Waals surface area (Å²) in [6.45, 7) is 9.83. The Balaban J connectivity index is 2.85. The fourth-order valence-corrected chi connectivity index (χ4v) is 3.78. The van der Waals surface area contributed by atoms with Crippen LogP contribution in [-0.2, 0) is 9.59 Å². The second-order valence-electron chi connectivity index (χ2n) is 8.89. The van der Waals surface area contributed by atoms with Gasteiger partial charge < -0.3 is 15.5 Å². The van der Waals surface area contributed by atoms with Gasteiger partial charge in [0.1, 0.15) is 5.78 Å². The summed E-state index contributed by atoms with van der Waals surface area (Å²) in [5.74, 6) is -0.00472. The molecule has 0 bridgehead atoms. The van der Waals surface area contributed by atoms with E-state index in [0.29, 0.717) is 25.3 Å². The highest BCUT2D eigenvalue weighted by atomic mass is 16.3. The molecular formula is C20H37NO4. The lowest BCUT2D eigenvalue weighted by molar-refractivity contribution is -0.139. The molecule has 1 heterocycles. The number of rotatable bonds is 0. The van der Waals surface area contributed by atoms with Crippen LogP contribution in [0.25, 0.3) is 0 Å². The molecule has 1 rings (SSSR count). The third-order valence-electron chi connectivity index (χ3n) is 5.68. The number of hydrogen-bond acceptors (Lipinski definition) is 4. The van der Waals surface area contributed by atoms with Gasteiger partial charge in [0.2, 0.25) is 5.91 Å². The smallest absolute Gasteiger partial charge is 0.222 e. The second-order valence-corrected chi connectivity index (χ2v) is 8.89. The predicted octanol–water partition coefficient (Wildman–Crippen LogP) is 2.83. The minimum absolute atomic E-state index is 0.0127. The standard InChI is InChI=1S/C20H37NO4/c1-14-8-6-9-20(5,25)10-7-11-21-17(23)13-16(22)19(3,4)18(24)15(2)12-14/h14-16,22,25H,6-13H2,1-5H3,(H,21,23)/t14?,15?,16?,20-/m1/s1. The molecule has 5 heteroatoms. The van der Waals surface area contributed by atoms with E-state index in [-0.39, 0.29) is 24.0 Å². The molecule has 1 amide bonds. The monoisotopic (exact) mass is 355 g/mol. The van der Waals surface area contributed by atoms with Crippen molar-refractivity contribution in [3.63, 3.8) is 0 Å². The molecule has 3 N–H and O–H groups in total. The molecule has 5 nitrogen and oxygen atoms in total. The van der Waals surface area contributed by atoms with E-state index in [0.717, 1.165) is 25.7 Å². The van der Waals surface area contributed by atoms with Gasteiger partial charge in [-0.2, -0.15) is 0 Å². The van der Waals surface area contributed by atoms with Crippen molar-refractivity contribution in [3.8, 4) is 0 Å². The molecule has 0 saturated carbocycles. The number of carbonyl (C=O) groups excluding carboxylic acids is 2. The Bertz CT molecular complexity index is 459. The minimum atomic E-state index is -0.992. The van der Waals surface area contributed by atoms with Gasteiger partial charge in [0.05, 0.1) is 23.5 Å². The summed E-state index contributed by atoms with van der Waals surface area (Å²) in [4.78, 5) is 24.8. The fourth-order valence-electron chi connectivity index (χ4n) is 3.78. The van der Waals surface area contributed by atoms with Crippen LogP contribution in [0.2, 0.25) is 0 Å². The molecule has 0 spiro atoms. The first-order valence-corrected chi connectivity index (χ1v) is 9.67. The molecule has 3 unspecified atom stereocenters. The maximum absolute atomic E-state index is 12.8. The number of Topliss-reactive ketones (excluding diaryl/α,β-unsaturated/α-hetero) is 1. The van der Waals surface area contributed by atoms with Gasteiger partial charge in [-0.25, -0.2) is 0 Å². The second kappa shape index (κ2) is 9.13. The normalized spacial score (nSPS) is 36.7. The molecule has 25 heavy (non-hydrogen) atoms. The summed E-state index contributed by atoms with van der Waals surface area (Å²) in [6.07, 6.45) is 3.68. The Kier molecular flexibility index (Phi) is 8.07. The molecule has 0 radical (unpaired) electrons. The minimum Gasteiger partial charge on any atom is -0.392 e. The van der Waals surface area contributed by atoms with Crippen LogP contribution >= 0.6 is 0 Å². The number of aliphatic hydroxyl groups is 2. The zero-order valence-electron chi connectivity index (χ0n) is 16.6. The topological polar surface area (TPSA) is 86.6 Å². The first-order valence-electron chi connectivity index (χ1n) is 9.67. The number of hydrogen-bond donors (Lipinski definition) is 3. The fraction of sp³-hybridized carbons (Fsp3) is 0.900. The Hall–Kier alpha value is -0.940. The van der Waals surface area contributed by atoms with Crippen molar-refractivity contribution < 1.29 is 19.8 Å². The number of ketones is 1. The molecule has 1 aliphatic heterocycles. The Morgan fingerprint density at radius 2 is 1.68 bits per heavy atom. The van der Waals surface area contributed by atoms with Gasteiger partial charge in [0.25, 0.3) is 0 Å². The van der Waals surface area contributed by atoms with Crippen LogP contribution in [0, 0.1) is 17.3 Å². The summed E-state index contributed by atoms with van der Waals surface area (Å²) in [6, 6.07) is 0. The molecular weight excluding hydrogens is 318 g/mol. The average Bonchev–Trinajstić information content (AvgIpc) is 2.49. The van der Waals surface area contributed by atoms with Gasteiger partial charge >= 0.3 is 0 Å². The van der Waals surface area contributed by atoms with Crippen LogP contribution in [0.4, 0.5) is 0 Å². The van der Waals surface area contributed by atoms with Gasteiger partial charge in [-0.15, -0.1) is 0 Å². The van der Waals surface area contributed by atoms with Crippen molar-refractivity contribution in [1.82, 2.24) is 5.32 Å². The SMILES string of the molecule is CC1CCC[C@@](C)(O)CCCNC(=O)CC(O)C(C)(C)C(=O)C(C)C1. The zero-order chi connectivity index (χ0) is 19.3. The highest BCUT2D eigenvalue weighted by Gasteiger charge is 2.39. The Morgan fingerprint density at radius 1 is 1.08 bits per heavy atom. The van der Waals surface area contributed by atoms with Crippen LogP contribution in [0.1, 0.15) is 79.6 Å². The van der Waals surface area contributed by atoms with E-state index in [4.69, 9.17) is 0 Å². The van der Waals surface area contributed by atoms with Crippen molar-refractivity contribution in [3.05, 3.63) is 0 Å². The highest BCUT2D eigenvalue weighted by Crippen LogP contribution is 2.31. The van der Waals surface area contributed by atoms with Crippen LogP contribution in [0.3, 0.4) is 0 Å². The van der Waals surface area contributed by atoms with Gasteiger partial charge in [-0.05, 0) is 38.5 Å². The van der Waals surface area contributed by atoms with E-state index in [1.807, 2.05) is 13.8 Å². The molecule has 146 valence electrons. The lowest BCUT2D eigenvalue weighted by Crippen LogP contribution is -2.43. The number of aliphatic hydroxyl groups excluding tert-OH is 1. The highest BCUT2D eigenvalue weighted by molar-refractivity contribution is 5.87. The largest absolute Gasteiger partial charge is 0.392 e. The number of carbonyl (C=O) groups is 2. The van der Waals surface area contributed by atoms with Crippen LogP contribution in [-0.4, -0.2) is 40.2 Å². The molecule has 0 aromatic heterocycles. The van der Waals surface area contributed by atoms with Crippen LogP contribution in [0.15, 0.2) is 0 Å². The first-order chi connectivity index (χ1) is 11.5. The number of nitrogens with one attached hydrogen (secondary N) is 1. The molecule has 4 atom stereocenters. The maximum atomic E-state index is 12.8. The van der Waals surface area contributed by atoms with Gasteiger partial charge in [0, 0.05) is 12.5 Å². The van der Waals surface area contributed by atoms with E-state index in [9.17, 15) is 19.8 Å². The van der Waals surface area contributed by atoms with Crippen molar-refractivity contribution in [2.75, 3.05) is 6.54 Å². The van der Waals surface area contributed by atoms with E-state index in [1.165, 1.54) is 0 Å². The lowest BCUT2D eigenvalue weighted by Gasteiger charge is -2.32. The third-order valence-corrected chi connectivity index (χ3v) is 5.68. The summed E-state index contributed by atoms with van der Waals surface area (Å²) in [7, 11) is 0. The molecule has 1 fully saturated rings.